The lowest BCUT2D eigenvalue weighted by atomic mass is 10.1. The molecule has 2 aromatic carbocycles. The number of para-hydroxylation sites is 1. The summed E-state index contributed by atoms with van der Waals surface area (Å²) in [6, 6.07) is 12.2. The summed E-state index contributed by atoms with van der Waals surface area (Å²) in [7, 11) is 0. The number of anilines is 2. The van der Waals surface area contributed by atoms with E-state index in [4.69, 9.17) is 5.26 Å². The van der Waals surface area contributed by atoms with Gasteiger partial charge in [0.15, 0.2) is 0 Å². The Morgan fingerprint density at radius 2 is 1.75 bits per heavy atom. The lowest BCUT2D eigenvalue weighted by Crippen LogP contribution is -2.06. The second-order valence-electron chi connectivity index (χ2n) is 3.97. The van der Waals surface area contributed by atoms with Gasteiger partial charge in [0.05, 0.1) is 22.5 Å². The summed E-state index contributed by atoms with van der Waals surface area (Å²) in [5, 5.41) is 12.0. The molecule has 2 aromatic rings. The maximum absolute atomic E-state index is 12.6. The lowest BCUT2D eigenvalue weighted by molar-refractivity contribution is -0.137. The van der Waals surface area contributed by atoms with Crippen LogP contribution < -0.4 is 5.32 Å². The Morgan fingerprint density at radius 1 is 1.05 bits per heavy atom. The van der Waals surface area contributed by atoms with Crippen LogP contribution >= 0.6 is 22.6 Å². The van der Waals surface area contributed by atoms with E-state index in [-0.39, 0.29) is 5.56 Å². The number of nitrogens with one attached hydrogen (secondary N) is 1. The molecule has 0 saturated heterocycles. The van der Waals surface area contributed by atoms with E-state index in [2.05, 4.69) is 27.9 Å². The van der Waals surface area contributed by atoms with Gasteiger partial charge in [0.2, 0.25) is 0 Å². The molecule has 0 heterocycles. The first-order chi connectivity index (χ1) is 9.41. The fourth-order valence-corrected chi connectivity index (χ4v) is 2.15. The molecule has 1 N–H and O–H groups in total. The normalized spacial score (nSPS) is 10.9. The number of hydrogen-bond acceptors (Lipinski definition) is 2. The van der Waals surface area contributed by atoms with Crippen LogP contribution in [0.3, 0.4) is 0 Å². The molecule has 0 aromatic heterocycles. The van der Waals surface area contributed by atoms with E-state index in [1.165, 1.54) is 6.07 Å². The van der Waals surface area contributed by atoms with Crippen LogP contribution in [0.15, 0.2) is 42.5 Å². The van der Waals surface area contributed by atoms with Crippen molar-refractivity contribution in [2.45, 2.75) is 6.18 Å². The predicted octanol–water partition coefficient (Wildman–Crippen LogP) is 4.93. The van der Waals surface area contributed by atoms with E-state index in [0.717, 1.165) is 21.4 Å². The van der Waals surface area contributed by atoms with Crippen LogP contribution in [0.2, 0.25) is 0 Å². The molecule has 0 atom stereocenters. The number of nitriles is 1. The molecule has 102 valence electrons. The Balaban J connectivity index is 2.39. The average molecular weight is 388 g/mol. The number of halogens is 4. The summed E-state index contributed by atoms with van der Waals surface area (Å²) < 4.78 is 38.7. The Labute approximate surface area is 127 Å². The van der Waals surface area contributed by atoms with Crippen molar-refractivity contribution in [2.75, 3.05) is 5.32 Å². The first-order valence-corrected chi connectivity index (χ1v) is 6.62. The van der Waals surface area contributed by atoms with Crippen molar-refractivity contribution in [1.82, 2.24) is 0 Å². The van der Waals surface area contributed by atoms with Crippen LogP contribution in [-0.2, 0) is 6.18 Å². The van der Waals surface area contributed by atoms with E-state index >= 15 is 0 Å². The zero-order valence-corrected chi connectivity index (χ0v) is 12.2. The quantitative estimate of drug-likeness (QED) is 0.742. The lowest BCUT2D eigenvalue weighted by Gasteiger charge is -2.12. The second-order valence-corrected chi connectivity index (χ2v) is 5.14. The summed E-state index contributed by atoms with van der Waals surface area (Å²) in [4.78, 5) is 0. The molecule has 0 unspecified atom stereocenters. The fraction of sp³-hybridized carbons (Fsp3) is 0.0714. The second kappa shape index (κ2) is 5.71. The first-order valence-electron chi connectivity index (χ1n) is 5.54. The van der Waals surface area contributed by atoms with Gasteiger partial charge in [0.25, 0.3) is 0 Å². The highest BCUT2D eigenvalue weighted by atomic mass is 127. The number of alkyl halides is 3. The Kier molecular flexibility index (Phi) is 4.18. The first kappa shape index (κ1) is 14.7. The molecule has 2 nitrogen and oxygen atoms in total. The average Bonchev–Trinajstić information content (AvgIpc) is 2.40. The van der Waals surface area contributed by atoms with Gasteiger partial charge in [-0.3, -0.25) is 0 Å². The van der Waals surface area contributed by atoms with E-state index in [9.17, 15) is 13.2 Å². The van der Waals surface area contributed by atoms with Gasteiger partial charge in [0, 0.05) is 3.57 Å². The molecular formula is C14H8F3IN2. The van der Waals surface area contributed by atoms with Gasteiger partial charge < -0.3 is 5.32 Å². The van der Waals surface area contributed by atoms with Crippen molar-refractivity contribution in [3.8, 4) is 6.07 Å². The number of hydrogen-bond donors (Lipinski definition) is 1. The van der Waals surface area contributed by atoms with Gasteiger partial charge in [-0.15, -0.1) is 0 Å². The molecular weight excluding hydrogens is 380 g/mol. The van der Waals surface area contributed by atoms with Crippen molar-refractivity contribution >= 4 is 34.0 Å². The van der Waals surface area contributed by atoms with Crippen molar-refractivity contribution in [3.63, 3.8) is 0 Å². The highest BCUT2D eigenvalue weighted by molar-refractivity contribution is 14.1. The molecule has 20 heavy (non-hydrogen) atoms. The zero-order valence-electron chi connectivity index (χ0n) is 10.0. The molecule has 6 heteroatoms. The molecule has 0 aliphatic rings. The standard InChI is InChI=1S/C14H8F3IN2/c15-14(16,17)10-5-6-12(9(7-10)8-19)20-13-4-2-1-3-11(13)18/h1-7,20H. The zero-order chi connectivity index (χ0) is 14.8. The largest absolute Gasteiger partial charge is 0.416 e. The Bertz CT molecular complexity index is 675. The predicted molar refractivity (Wildman–Crippen MR) is 78.6 cm³/mol. The molecule has 0 spiro atoms. The third kappa shape index (κ3) is 3.22. The SMILES string of the molecule is N#Cc1cc(C(F)(F)F)ccc1Nc1ccccc1I. The smallest absolute Gasteiger partial charge is 0.354 e. The van der Waals surface area contributed by atoms with Crippen molar-refractivity contribution < 1.29 is 13.2 Å². The molecule has 0 amide bonds. The van der Waals surface area contributed by atoms with Crippen LogP contribution in [0.1, 0.15) is 11.1 Å². The third-order valence-electron chi connectivity index (χ3n) is 2.61. The molecule has 0 radical (unpaired) electrons. The topological polar surface area (TPSA) is 35.8 Å². The maximum Gasteiger partial charge on any atom is 0.416 e. The van der Waals surface area contributed by atoms with E-state index in [1.54, 1.807) is 18.2 Å². The molecule has 0 aliphatic carbocycles. The highest BCUT2D eigenvalue weighted by Crippen LogP contribution is 2.33. The minimum atomic E-state index is -4.45. The van der Waals surface area contributed by atoms with Crippen molar-refractivity contribution in [2.24, 2.45) is 0 Å². The molecule has 0 aliphatic heterocycles. The number of nitrogens with zero attached hydrogens (tertiary/aromatic N) is 1. The minimum absolute atomic E-state index is 0.0421. The van der Waals surface area contributed by atoms with Gasteiger partial charge >= 0.3 is 6.18 Å². The summed E-state index contributed by atoms with van der Waals surface area (Å²) >= 11 is 2.11. The van der Waals surface area contributed by atoms with Crippen molar-refractivity contribution in [3.05, 3.63) is 57.2 Å². The Hall–Kier alpha value is -1.75. The number of rotatable bonds is 2. The molecule has 0 fully saturated rings. The van der Waals surface area contributed by atoms with Gasteiger partial charge in [-0.25, -0.2) is 0 Å². The fourth-order valence-electron chi connectivity index (χ4n) is 1.63. The van der Waals surface area contributed by atoms with Crippen LogP contribution in [0.5, 0.6) is 0 Å². The highest BCUT2D eigenvalue weighted by Gasteiger charge is 2.31. The van der Waals surface area contributed by atoms with Crippen molar-refractivity contribution in [1.29, 1.82) is 5.26 Å². The Morgan fingerprint density at radius 3 is 2.35 bits per heavy atom. The molecule has 0 saturated carbocycles. The maximum atomic E-state index is 12.6. The van der Waals surface area contributed by atoms with Gasteiger partial charge in [-0.1, -0.05) is 12.1 Å². The van der Waals surface area contributed by atoms with E-state index in [1.807, 2.05) is 12.1 Å². The monoisotopic (exact) mass is 388 g/mol. The van der Waals surface area contributed by atoms with Gasteiger partial charge in [0.1, 0.15) is 6.07 Å². The summed E-state index contributed by atoms with van der Waals surface area (Å²) in [5.41, 5.74) is 0.218. The van der Waals surface area contributed by atoms with Gasteiger partial charge in [-0.05, 0) is 52.9 Å². The van der Waals surface area contributed by atoms with Crippen LogP contribution in [0, 0.1) is 14.9 Å². The molecule has 2 rings (SSSR count). The third-order valence-corrected chi connectivity index (χ3v) is 3.55. The molecule has 0 bridgehead atoms. The number of benzene rings is 2. The summed E-state index contributed by atoms with van der Waals surface area (Å²) in [5.74, 6) is 0. The summed E-state index contributed by atoms with van der Waals surface area (Å²) in [6.45, 7) is 0. The minimum Gasteiger partial charge on any atom is -0.354 e. The van der Waals surface area contributed by atoms with E-state index in [0.29, 0.717) is 5.69 Å². The van der Waals surface area contributed by atoms with Crippen LogP contribution in [0.25, 0.3) is 0 Å². The van der Waals surface area contributed by atoms with Crippen LogP contribution in [0.4, 0.5) is 24.5 Å². The summed E-state index contributed by atoms with van der Waals surface area (Å²) in [6.07, 6.45) is -4.45. The van der Waals surface area contributed by atoms with Crippen LogP contribution in [-0.4, -0.2) is 0 Å². The van der Waals surface area contributed by atoms with Gasteiger partial charge in [-0.2, -0.15) is 18.4 Å². The van der Waals surface area contributed by atoms with E-state index < -0.39 is 11.7 Å².